The van der Waals surface area contributed by atoms with Gasteiger partial charge < -0.3 is 18.9 Å². The smallest absolute Gasteiger partial charge is 0.257 e. The van der Waals surface area contributed by atoms with E-state index in [4.69, 9.17) is 18.9 Å². The summed E-state index contributed by atoms with van der Waals surface area (Å²) in [5.74, 6) is 2.65. The second-order valence-electron chi connectivity index (χ2n) is 7.69. The van der Waals surface area contributed by atoms with E-state index in [1.54, 1.807) is 14.2 Å². The maximum absolute atomic E-state index is 12.2. The van der Waals surface area contributed by atoms with Crippen molar-refractivity contribution in [1.29, 1.82) is 0 Å². The first-order valence-corrected chi connectivity index (χ1v) is 12.3. The SMILES string of the molecule is CCCC(=O)c1cc2nc(OC)c(OCCCOc3cc(CC)c(CC)cc3OC)cc2s1. The molecule has 2 heterocycles. The molecule has 0 amide bonds. The van der Waals surface area contributed by atoms with Crippen molar-refractivity contribution in [2.24, 2.45) is 0 Å². The molecule has 1 aromatic carbocycles. The Hall–Kier alpha value is -2.80. The van der Waals surface area contributed by atoms with Crippen LogP contribution in [0.2, 0.25) is 0 Å². The summed E-state index contributed by atoms with van der Waals surface area (Å²) in [5.41, 5.74) is 3.32. The molecule has 6 nitrogen and oxygen atoms in total. The van der Waals surface area contributed by atoms with Crippen LogP contribution in [0.15, 0.2) is 24.3 Å². The van der Waals surface area contributed by atoms with Crippen molar-refractivity contribution in [3.8, 4) is 23.1 Å². The number of hydrogen-bond acceptors (Lipinski definition) is 7. The zero-order valence-electron chi connectivity index (χ0n) is 20.2. The summed E-state index contributed by atoms with van der Waals surface area (Å²) in [5, 5.41) is 0. The number of benzene rings is 1. The maximum Gasteiger partial charge on any atom is 0.257 e. The van der Waals surface area contributed by atoms with Crippen LogP contribution in [0.3, 0.4) is 0 Å². The van der Waals surface area contributed by atoms with Gasteiger partial charge in [0.2, 0.25) is 0 Å². The number of thiophene rings is 1. The van der Waals surface area contributed by atoms with Gasteiger partial charge in [-0.1, -0.05) is 20.8 Å². The van der Waals surface area contributed by atoms with E-state index in [1.807, 2.05) is 19.1 Å². The largest absolute Gasteiger partial charge is 0.493 e. The molecule has 0 saturated carbocycles. The minimum atomic E-state index is 0.146. The van der Waals surface area contributed by atoms with Gasteiger partial charge in [0.15, 0.2) is 23.0 Å². The monoisotopic (exact) mass is 471 g/mol. The van der Waals surface area contributed by atoms with Crippen LogP contribution in [0.1, 0.15) is 60.8 Å². The molecule has 3 aromatic rings. The predicted molar refractivity (Wildman–Crippen MR) is 133 cm³/mol. The number of hydrogen-bond donors (Lipinski definition) is 0. The lowest BCUT2D eigenvalue weighted by Crippen LogP contribution is -2.07. The molecule has 2 aromatic heterocycles. The number of pyridine rings is 1. The second-order valence-corrected chi connectivity index (χ2v) is 8.78. The normalized spacial score (nSPS) is 10.9. The fraction of sp³-hybridized carbons (Fsp3) is 0.462. The van der Waals surface area contributed by atoms with Crippen LogP contribution in [0.4, 0.5) is 0 Å². The Labute approximate surface area is 199 Å². The zero-order chi connectivity index (χ0) is 23.8. The number of ether oxygens (including phenoxy) is 4. The van der Waals surface area contributed by atoms with E-state index >= 15 is 0 Å². The molecule has 0 unspecified atom stereocenters. The molecule has 7 heteroatoms. The third-order valence-electron chi connectivity index (χ3n) is 5.43. The van der Waals surface area contributed by atoms with E-state index in [1.165, 1.54) is 22.5 Å². The Morgan fingerprint density at radius 3 is 2.15 bits per heavy atom. The van der Waals surface area contributed by atoms with Gasteiger partial charge in [0.25, 0.3) is 5.88 Å². The molecule has 0 spiro atoms. The molecule has 178 valence electrons. The lowest BCUT2D eigenvalue weighted by atomic mass is 10.0. The van der Waals surface area contributed by atoms with Gasteiger partial charge in [-0.15, -0.1) is 11.3 Å². The Morgan fingerprint density at radius 1 is 0.879 bits per heavy atom. The van der Waals surface area contributed by atoms with E-state index in [-0.39, 0.29) is 5.78 Å². The topological polar surface area (TPSA) is 66.9 Å². The number of aromatic nitrogens is 1. The van der Waals surface area contributed by atoms with Gasteiger partial charge >= 0.3 is 0 Å². The molecular weight excluding hydrogens is 438 g/mol. The first kappa shape index (κ1) is 24.8. The van der Waals surface area contributed by atoms with Gasteiger partial charge in [0, 0.05) is 18.9 Å². The van der Waals surface area contributed by atoms with Crippen molar-refractivity contribution in [3.05, 3.63) is 40.3 Å². The Balaban J connectivity index is 1.62. The standard InChI is InChI=1S/C26H33NO5S/c1-6-10-20(28)25-15-19-24(33-25)16-23(26(27-19)30-5)32-12-9-11-31-22-14-18(8-3)17(7-2)13-21(22)29-4/h13-16H,6-12H2,1-5H3. The summed E-state index contributed by atoms with van der Waals surface area (Å²) in [6, 6.07) is 7.87. The fourth-order valence-corrected chi connectivity index (χ4v) is 4.67. The molecule has 33 heavy (non-hydrogen) atoms. The molecule has 0 aliphatic heterocycles. The third-order valence-corrected chi connectivity index (χ3v) is 6.54. The van der Waals surface area contributed by atoms with E-state index in [9.17, 15) is 4.79 Å². The first-order valence-electron chi connectivity index (χ1n) is 11.5. The van der Waals surface area contributed by atoms with Crippen molar-refractivity contribution in [2.75, 3.05) is 27.4 Å². The highest BCUT2D eigenvalue weighted by Gasteiger charge is 2.15. The van der Waals surface area contributed by atoms with Crippen LogP contribution >= 0.6 is 11.3 Å². The number of aryl methyl sites for hydroxylation is 2. The van der Waals surface area contributed by atoms with Crippen LogP contribution in [0.25, 0.3) is 10.2 Å². The number of fused-ring (bicyclic) bond motifs is 1. The molecule has 0 N–H and O–H groups in total. The van der Waals surface area contributed by atoms with Crippen molar-refractivity contribution in [2.45, 2.75) is 52.9 Å². The van der Waals surface area contributed by atoms with E-state index in [2.05, 4.69) is 31.0 Å². The van der Waals surface area contributed by atoms with Gasteiger partial charge in [-0.25, -0.2) is 4.98 Å². The van der Waals surface area contributed by atoms with Crippen molar-refractivity contribution in [3.63, 3.8) is 0 Å². The van der Waals surface area contributed by atoms with E-state index in [0.717, 1.165) is 45.9 Å². The molecule has 3 rings (SSSR count). The van der Waals surface area contributed by atoms with Gasteiger partial charge in [-0.3, -0.25) is 4.79 Å². The van der Waals surface area contributed by atoms with Crippen molar-refractivity contribution < 1.29 is 23.7 Å². The van der Waals surface area contributed by atoms with Crippen LogP contribution < -0.4 is 18.9 Å². The first-order chi connectivity index (χ1) is 16.0. The summed E-state index contributed by atoms with van der Waals surface area (Å²) in [6.07, 6.45) is 3.97. The van der Waals surface area contributed by atoms with Crippen LogP contribution in [-0.4, -0.2) is 38.2 Å². The molecule has 0 aliphatic carbocycles. The Kier molecular flexibility index (Phi) is 8.95. The number of nitrogens with zero attached hydrogens (tertiary/aromatic N) is 1. The van der Waals surface area contributed by atoms with Crippen molar-refractivity contribution >= 4 is 27.3 Å². The van der Waals surface area contributed by atoms with Crippen molar-refractivity contribution in [1.82, 2.24) is 4.98 Å². The average Bonchev–Trinajstić information content (AvgIpc) is 3.26. The minimum Gasteiger partial charge on any atom is -0.493 e. The van der Waals surface area contributed by atoms with Crippen LogP contribution in [0.5, 0.6) is 23.1 Å². The minimum absolute atomic E-state index is 0.146. The lowest BCUT2D eigenvalue weighted by Gasteiger charge is -2.15. The summed E-state index contributed by atoms with van der Waals surface area (Å²) < 4.78 is 23.8. The molecular formula is C26H33NO5S. The number of rotatable bonds is 13. The van der Waals surface area contributed by atoms with Crippen LogP contribution in [0, 0.1) is 0 Å². The van der Waals surface area contributed by atoms with E-state index < -0.39 is 0 Å². The quantitative estimate of drug-likeness (QED) is 0.216. The van der Waals surface area contributed by atoms with Gasteiger partial charge in [-0.05, 0) is 48.6 Å². The Morgan fingerprint density at radius 2 is 1.55 bits per heavy atom. The molecule has 0 aliphatic rings. The van der Waals surface area contributed by atoms with Gasteiger partial charge in [0.05, 0.1) is 42.5 Å². The van der Waals surface area contributed by atoms with Crippen LogP contribution in [-0.2, 0) is 12.8 Å². The third kappa shape index (κ3) is 5.96. The number of carbonyl (C=O) groups is 1. The number of carbonyl (C=O) groups excluding carboxylic acids is 1. The number of ketones is 1. The lowest BCUT2D eigenvalue weighted by molar-refractivity contribution is 0.0985. The summed E-state index contributed by atoms with van der Waals surface area (Å²) in [7, 11) is 3.23. The molecule has 0 bridgehead atoms. The highest BCUT2D eigenvalue weighted by atomic mass is 32.1. The van der Waals surface area contributed by atoms with Gasteiger partial charge in [0.1, 0.15) is 0 Å². The summed E-state index contributed by atoms with van der Waals surface area (Å²) in [4.78, 5) is 17.5. The summed E-state index contributed by atoms with van der Waals surface area (Å²) in [6.45, 7) is 7.24. The average molecular weight is 472 g/mol. The molecule has 0 fully saturated rings. The molecule has 0 radical (unpaired) electrons. The maximum atomic E-state index is 12.2. The highest BCUT2D eigenvalue weighted by molar-refractivity contribution is 7.20. The van der Waals surface area contributed by atoms with Gasteiger partial charge in [-0.2, -0.15) is 0 Å². The fourth-order valence-electron chi connectivity index (χ4n) is 3.67. The second kappa shape index (κ2) is 11.9. The number of methoxy groups -OCH3 is 2. The molecule has 0 saturated heterocycles. The summed E-state index contributed by atoms with van der Waals surface area (Å²) >= 11 is 1.44. The zero-order valence-corrected chi connectivity index (χ0v) is 21.0. The predicted octanol–water partition coefficient (Wildman–Crippen LogP) is 6.27. The molecule has 0 atom stereocenters. The highest BCUT2D eigenvalue weighted by Crippen LogP contribution is 2.35. The number of Topliss-reactive ketones (excluding diaryl/α,β-unsaturated/α-hetero) is 1. The Bertz CT molecular complexity index is 1090. The van der Waals surface area contributed by atoms with E-state index in [0.29, 0.717) is 37.7 Å².